The standard InChI is InChI=1S/C52H46N2O3S2/c1-7-55-51-49-47(37-21-13-33(5)14-22-37)43-29-27-41(58-43)45(35-17-9-31(3)10-18-35)39-25-26-40(53-39)46(36-19-11-32(4)12-20-36)42-28-30-44(59-42)48(38-23-15-34(6)16-24-38)50(54-49)52(57-51)56-8-2/h9-30,51-52H,7-8H2,1-6H3/t51-,52-/m1/s1. The lowest BCUT2D eigenvalue weighted by Gasteiger charge is -2.30. The van der Waals surface area contributed by atoms with Crippen LogP contribution in [0.5, 0.6) is 0 Å². The van der Waals surface area contributed by atoms with Gasteiger partial charge in [0.05, 0.1) is 11.4 Å². The van der Waals surface area contributed by atoms with Gasteiger partial charge in [-0.3, -0.25) is 0 Å². The summed E-state index contributed by atoms with van der Waals surface area (Å²) >= 11 is 3.47. The molecule has 0 radical (unpaired) electrons. The van der Waals surface area contributed by atoms with E-state index in [2.05, 4.69) is 161 Å². The molecule has 0 saturated heterocycles. The van der Waals surface area contributed by atoms with E-state index in [1.165, 1.54) is 22.3 Å². The Kier molecular flexibility index (Phi) is 11.0. The van der Waals surface area contributed by atoms with Gasteiger partial charge in [0.1, 0.15) is 11.4 Å². The molecule has 2 aliphatic heterocycles. The third-order valence-corrected chi connectivity index (χ3v) is 13.0. The SMILES string of the molecule is CCO[C@@H]1O[C@@H](OCC)c2nc1c(-c1ccc(C)cc1)c1ccc(s1)c(-c1ccc(C)cc1)c1nc(c(-c3ccc(C)cc3)c3ccc(s3)c2-c2ccc(C)cc2)C=C1. The lowest BCUT2D eigenvalue weighted by Crippen LogP contribution is -2.24. The number of benzene rings is 4. The second-order valence-corrected chi connectivity index (χ2v) is 17.3. The molecular weight excluding hydrogens is 765 g/mol. The molecule has 3 aromatic heterocycles. The van der Waals surface area contributed by atoms with Gasteiger partial charge in [0.25, 0.3) is 0 Å². The Balaban J connectivity index is 1.52. The first-order valence-corrected chi connectivity index (χ1v) is 21.9. The van der Waals surface area contributed by atoms with E-state index >= 15 is 0 Å². The van der Waals surface area contributed by atoms with Crippen molar-refractivity contribution in [3.63, 3.8) is 0 Å². The summed E-state index contributed by atoms with van der Waals surface area (Å²) in [6.45, 7) is 13.3. The number of hydrogen-bond acceptors (Lipinski definition) is 7. The van der Waals surface area contributed by atoms with Crippen molar-refractivity contribution in [3.05, 3.63) is 166 Å². The molecule has 0 unspecified atom stereocenters. The highest BCUT2D eigenvalue weighted by molar-refractivity contribution is 7.24. The number of nitrogens with zero attached hydrogens (tertiary/aromatic N) is 2. The predicted molar refractivity (Wildman–Crippen MR) is 247 cm³/mol. The van der Waals surface area contributed by atoms with Gasteiger partial charge in [-0.25, -0.2) is 9.97 Å². The van der Waals surface area contributed by atoms with Crippen LogP contribution in [-0.2, 0) is 14.2 Å². The van der Waals surface area contributed by atoms with Crippen LogP contribution in [0.1, 0.15) is 71.5 Å². The van der Waals surface area contributed by atoms with Crippen molar-refractivity contribution in [2.45, 2.75) is 54.1 Å². The highest BCUT2D eigenvalue weighted by Gasteiger charge is 2.33. The molecule has 2 atom stereocenters. The first-order valence-electron chi connectivity index (χ1n) is 20.2. The maximum Gasteiger partial charge on any atom is 0.204 e. The van der Waals surface area contributed by atoms with E-state index in [4.69, 9.17) is 24.2 Å². The van der Waals surface area contributed by atoms with Gasteiger partial charge in [-0.2, -0.15) is 0 Å². The fourth-order valence-electron chi connectivity index (χ4n) is 7.76. The predicted octanol–water partition coefficient (Wildman–Crippen LogP) is 14.6. The van der Waals surface area contributed by atoms with E-state index in [9.17, 15) is 0 Å². The van der Waals surface area contributed by atoms with Gasteiger partial charge in [0.15, 0.2) is 0 Å². The minimum absolute atomic E-state index is 0.436. The molecule has 0 amide bonds. The van der Waals surface area contributed by atoms with Gasteiger partial charge in [-0.1, -0.05) is 119 Å². The number of rotatable bonds is 8. The van der Waals surface area contributed by atoms with Crippen molar-refractivity contribution < 1.29 is 14.2 Å². The van der Waals surface area contributed by atoms with Crippen molar-refractivity contribution in [2.24, 2.45) is 0 Å². The maximum atomic E-state index is 6.95. The Morgan fingerprint density at radius 3 is 1.05 bits per heavy atom. The fourth-order valence-corrected chi connectivity index (χ4v) is 10.1. The first kappa shape index (κ1) is 38.9. The zero-order chi connectivity index (χ0) is 40.6. The van der Waals surface area contributed by atoms with E-state index in [1.54, 1.807) is 22.7 Å². The van der Waals surface area contributed by atoms with Crippen LogP contribution in [0.2, 0.25) is 0 Å². The van der Waals surface area contributed by atoms with Gasteiger partial charge in [0, 0.05) is 54.3 Å². The third kappa shape index (κ3) is 7.73. The molecule has 294 valence electrons. The third-order valence-electron chi connectivity index (χ3n) is 10.8. The molecule has 0 saturated carbocycles. The van der Waals surface area contributed by atoms with Crippen molar-refractivity contribution in [1.82, 2.24) is 9.97 Å². The Morgan fingerprint density at radius 1 is 0.424 bits per heavy atom. The second kappa shape index (κ2) is 16.6. The van der Waals surface area contributed by atoms with Crippen LogP contribution in [0.4, 0.5) is 0 Å². The topological polar surface area (TPSA) is 53.5 Å². The quantitative estimate of drug-likeness (QED) is 0.153. The van der Waals surface area contributed by atoms with Gasteiger partial charge in [0.2, 0.25) is 12.6 Å². The molecule has 7 aromatic rings. The summed E-state index contributed by atoms with van der Waals surface area (Å²) < 4.78 is 24.2. The summed E-state index contributed by atoms with van der Waals surface area (Å²) in [5.74, 6) is 0. The summed E-state index contributed by atoms with van der Waals surface area (Å²) in [6.07, 6.45) is 2.80. The molecule has 0 N–H and O–H groups in total. The van der Waals surface area contributed by atoms with Crippen LogP contribution in [0, 0.1) is 27.7 Å². The zero-order valence-corrected chi connectivity index (χ0v) is 35.8. The molecule has 5 nitrogen and oxygen atoms in total. The molecule has 4 aromatic carbocycles. The Labute approximate surface area is 354 Å². The summed E-state index contributed by atoms with van der Waals surface area (Å²) in [4.78, 5) is 11.2. The monoisotopic (exact) mass is 810 g/mol. The first-order chi connectivity index (χ1) is 28.8. The molecular formula is C52H46N2O3S2. The zero-order valence-electron chi connectivity index (χ0n) is 34.2. The Bertz CT molecular complexity index is 2660. The van der Waals surface area contributed by atoms with Gasteiger partial charge < -0.3 is 14.2 Å². The molecule has 0 aliphatic carbocycles. The van der Waals surface area contributed by atoms with Crippen molar-refractivity contribution in [2.75, 3.05) is 13.2 Å². The summed E-state index contributed by atoms with van der Waals surface area (Å²) in [5.41, 5.74) is 16.4. The minimum atomic E-state index is -0.777. The molecule has 2 aliphatic rings. The summed E-state index contributed by atoms with van der Waals surface area (Å²) in [5, 5.41) is 0. The number of ether oxygens (including phenoxy) is 3. The van der Waals surface area contributed by atoms with Crippen LogP contribution < -0.4 is 0 Å². The van der Waals surface area contributed by atoms with E-state index < -0.39 is 12.6 Å². The summed E-state index contributed by atoms with van der Waals surface area (Å²) in [6, 6.07) is 43.7. The van der Waals surface area contributed by atoms with E-state index in [0.29, 0.717) is 24.6 Å². The maximum absolute atomic E-state index is 6.95. The largest absolute Gasteiger partial charge is 0.347 e. The van der Waals surface area contributed by atoms with E-state index in [1.807, 2.05) is 13.8 Å². The molecule has 8 bridgehead atoms. The normalized spacial score (nSPS) is 15.1. The number of aromatic nitrogens is 2. The smallest absolute Gasteiger partial charge is 0.204 e. The number of fused-ring (bicyclic) bond motifs is 8. The van der Waals surface area contributed by atoms with Crippen LogP contribution in [0.25, 0.3) is 75.5 Å². The molecule has 0 fully saturated rings. The average Bonchev–Trinajstić information content (AvgIpc) is 4.03. The molecule has 7 heteroatoms. The van der Waals surface area contributed by atoms with Crippen molar-refractivity contribution >= 4 is 53.6 Å². The molecule has 5 heterocycles. The van der Waals surface area contributed by atoms with Crippen molar-refractivity contribution in [3.8, 4) is 44.5 Å². The second-order valence-electron chi connectivity index (χ2n) is 15.1. The van der Waals surface area contributed by atoms with Gasteiger partial charge in [-0.15, -0.1) is 22.7 Å². The lowest BCUT2D eigenvalue weighted by molar-refractivity contribution is -0.261. The Hall–Kier alpha value is -5.54. The number of thiophene rings is 2. The highest BCUT2D eigenvalue weighted by atomic mass is 32.1. The molecule has 9 rings (SSSR count). The number of hydrogen-bond donors (Lipinski definition) is 0. The summed E-state index contributed by atoms with van der Waals surface area (Å²) in [7, 11) is 0. The van der Waals surface area contributed by atoms with Crippen molar-refractivity contribution in [1.29, 1.82) is 0 Å². The lowest BCUT2D eigenvalue weighted by atomic mass is 10.00. The van der Waals surface area contributed by atoms with Crippen LogP contribution in [-0.4, -0.2) is 23.2 Å². The van der Waals surface area contributed by atoms with Crippen LogP contribution in [0.3, 0.4) is 0 Å². The van der Waals surface area contributed by atoms with Crippen LogP contribution >= 0.6 is 22.7 Å². The van der Waals surface area contributed by atoms with E-state index in [-0.39, 0.29) is 0 Å². The van der Waals surface area contributed by atoms with Gasteiger partial charge in [-0.05, 0) is 100 Å². The number of aryl methyl sites for hydroxylation is 4. The van der Waals surface area contributed by atoms with Crippen LogP contribution in [0.15, 0.2) is 121 Å². The average molecular weight is 811 g/mol. The minimum Gasteiger partial charge on any atom is -0.347 e. The fraction of sp³-hybridized carbons (Fsp3) is 0.192. The van der Waals surface area contributed by atoms with Gasteiger partial charge >= 0.3 is 0 Å². The highest BCUT2D eigenvalue weighted by Crippen LogP contribution is 2.46. The Morgan fingerprint density at radius 2 is 0.729 bits per heavy atom. The van der Waals surface area contributed by atoms with E-state index in [0.717, 1.165) is 74.7 Å². The molecule has 0 spiro atoms. The molecule has 59 heavy (non-hydrogen) atoms.